The molecule has 2 unspecified atom stereocenters. The van der Waals surface area contributed by atoms with Gasteiger partial charge in [-0.3, -0.25) is 0 Å². The Morgan fingerprint density at radius 3 is 2.67 bits per heavy atom. The number of rotatable bonds is 0. The summed E-state index contributed by atoms with van der Waals surface area (Å²) >= 11 is 0. The quantitative estimate of drug-likeness (QED) is 0.586. The first-order valence-corrected chi connectivity index (χ1v) is 5.25. The Balaban J connectivity index is 1.90. The van der Waals surface area contributed by atoms with Gasteiger partial charge in [0.2, 0.25) is 0 Å². The van der Waals surface area contributed by atoms with E-state index in [1.165, 1.54) is 44.9 Å². The van der Waals surface area contributed by atoms with E-state index in [9.17, 15) is 0 Å². The summed E-state index contributed by atoms with van der Waals surface area (Å²) in [7, 11) is 0. The van der Waals surface area contributed by atoms with Gasteiger partial charge in [0.15, 0.2) is 0 Å². The molecular formula is C10H18N2. The number of hydrazone groups is 1. The Morgan fingerprint density at radius 2 is 1.75 bits per heavy atom. The zero-order chi connectivity index (χ0) is 8.23. The van der Waals surface area contributed by atoms with Gasteiger partial charge in [-0.25, -0.2) is 0 Å². The monoisotopic (exact) mass is 166 g/mol. The van der Waals surface area contributed by atoms with Gasteiger partial charge in [0.25, 0.3) is 0 Å². The smallest absolute Gasteiger partial charge is 0.0518 e. The zero-order valence-corrected chi connectivity index (χ0v) is 7.63. The number of fused-ring (bicyclic) bond motifs is 1. The van der Waals surface area contributed by atoms with Gasteiger partial charge in [0, 0.05) is 12.1 Å². The van der Waals surface area contributed by atoms with E-state index >= 15 is 0 Å². The fourth-order valence-electron chi connectivity index (χ4n) is 2.26. The van der Waals surface area contributed by atoms with Gasteiger partial charge in [-0.1, -0.05) is 32.1 Å². The summed E-state index contributed by atoms with van der Waals surface area (Å²) < 4.78 is 0. The molecule has 1 aliphatic heterocycles. The van der Waals surface area contributed by atoms with Gasteiger partial charge < -0.3 is 5.43 Å². The second-order valence-corrected chi connectivity index (χ2v) is 4.02. The third-order valence-corrected chi connectivity index (χ3v) is 3.08. The molecule has 0 aromatic carbocycles. The highest BCUT2D eigenvalue weighted by atomic mass is 15.3. The molecular weight excluding hydrogens is 148 g/mol. The standard InChI is InChI=1S/C10H18N2/c1-2-4-6-9-8-11-12-10(9)7-5-3-1/h8-10,12H,1-7H2. The van der Waals surface area contributed by atoms with Crippen molar-refractivity contribution in [1.29, 1.82) is 0 Å². The van der Waals surface area contributed by atoms with E-state index in [1.807, 2.05) is 0 Å². The molecule has 1 N–H and O–H groups in total. The average molecular weight is 166 g/mol. The van der Waals surface area contributed by atoms with Crippen molar-refractivity contribution in [3.05, 3.63) is 0 Å². The molecule has 0 spiro atoms. The topological polar surface area (TPSA) is 24.4 Å². The summed E-state index contributed by atoms with van der Waals surface area (Å²) in [6, 6.07) is 0.670. The van der Waals surface area contributed by atoms with Crippen molar-refractivity contribution in [3.8, 4) is 0 Å². The molecule has 0 radical (unpaired) electrons. The minimum absolute atomic E-state index is 0.670. The minimum Gasteiger partial charge on any atom is -0.307 e. The highest BCUT2D eigenvalue weighted by Gasteiger charge is 2.23. The molecule has 0 saturated heterocycles. The van der Waals surface area contributed by atoms with Gasteiger partial charge in [0.05, 0.1) is 6.04 Å². The summed E-state index contributed by atoms with van der Waals surface area (Å²) in [5, 5.41) is 4.17. The van der Waals surface area contributed by atoms with E-state index in [-0.39, 0.29) is 0 Å². The van der Waals surface area contributed by atoms with Crippen molar-refractivity contribution in [2.24, 2.45) is 11.0 Å². The van der Waals surface area contributed by atoms with Crippen molar-refractivity contribution in [3.63, 3.8) is 0 Å². The van der Waals surface area contributed by atoms with E-state index in [0.717, 1.165) is 5.92 Å². The Hall–Kier alpha value is -0.530. The van der Waals surface area contributed by atoms with E-state index < -0.39 is 0 Å². The van der Waals surface area contributed by atoms with Gasteiger partial charge >= 0.3 is 0 Å². The largest absolute Gasteiger partial charge is 0.307 e. The lowest BCUT2D eigenvalue weighted by Gasteiger charge is -2.15. The first kappa shape index (κ1) is 8.09. The average Bonchev–Trinajstić information content (AvgIpc) is 2.50. The van der Waals surface area contributed by atoms with Gasteiger partial charge in [0.1, 0.15) is 0 Å². The highest BCUT2D eigenvalue weighted by molar-refractivity contribution is 5.63. The van der Waals surface area contributed by atoms with Crippen molar-refractivity contribution in [2.45, 2.75) is 51.0 Å². The molecule has 68 valence electrons. The molecule has 2 atom stereocenters. The molecule has 1 fully saturated rings. The molecule has 2 rings (SSSR count). The molecule has 0 bridgehead atoms. The van der Waals surface area contributed by atoms with Crippen molar-refractivity contribution in [2.75, 3.05) is 0 Å². The normalized spacial score (nSPS) is 36.0. The third kappa shape index (κ3) is 1.79. The number of nitrogens with one attached hydrogen (secondary N) is 1. The van der Waals surface area contributed by atoms with Crippen LogP contribution in [0.5, 0.6) is 0 Å². The van der Waals surface area contributed by atoms with Crippen LogP contribution in [-0.2, 0) is 0 Å². The Morgan fingerprint density at radius 1 is 1.00 bits per heavy atom. The summed E-state index contributed by atoms with van der Waals surface area (Å²) in [6.07, 6.45) is 11.9. The first-order chi connectivity index (χ1) is 5.97. The second kappa shape index (κ2) is 3.92. The lowest BCUT2D eigenvalue weighted by Crippen LogP contribution is -2.26. The summed E-state index contributed by atoms with van der Waals surface area (Å²) in [5.41, 5.74) is 3.22. The summed E-state index contributed by atoms with van der Waals surface area (Å²) in [4.78, 5) is 0. The maximum absolute atomic E-state index is 4.17. The summed E-state index contributed by atoms with van der Waals surface area (Å²) in [5.74, 6) is 0.739. The van der Waals surface area contributed by atoms with Crippen LogP contribution >= 0.6 is 0 Å². The molecule has 1 saturated carbocycles. The Labute approximate surface area is 74.4 Å². The number of hydrogen-bond donors (Lipinski definition) is 1. The molecule has 1 heterocycles. The Kier molecular flexibility index (Phi) is 2.64. The molecule has 12 heavy (non-hydrogen) atoms. The van der Waals surface area contributed by atoms with E-state index in [2.05, 4.69) is 16.7 Å². The molecule has 1 aliphatic carbocycles. The molecule has 2 aliphatic rings. The zero-order valence-electron chi connectivity index (χ0n) is 7.63. The molecule has 0 aromatic heterocycles. The van der Waals surface area contributed by atoms with E-state index in [4.69, 9.17) is 0 Å². The van der Waals surface area contributed by atoms with Crippen LogP contribution in [0.25, 0.3) is 0 Å². The Bertz CT molecular complexity index is 165. The van der Waals surface area contributed by atoms with Crippen molar-refractivity contribution >= 4 is 6.21 Å². The lowest BCUT2D eigenvalue weighted by atomic mass is 9.94. The van der Waals surface area contributed by atoms with Gasteiger partial charge in [-0.2, -0.15) is 5.10 Å². The van der Waals surface area contributed by atoms with Crippen molar-refractivity contribution < 1.29 is 0 Å². The van der Waals surface area contributed by atoms with Crippen molar-refractivity contribution in [1.82, 2.24) is 5.43 Å². The van der Waals surface area contributed by atoms with Gasteiger partial charge in [-0.05, 0) is 12.8 Å². The van der Waals surface area contributed by atoms with Crippen LogP contribution in [0.4, 0.5) is 0 Å². The predicted octanol–water partition coefficient (Wildman–Crippen LogP) is 2.30. The fraction of sp³-hybridized carbons (Fsp3) is 0.900. The molecule has 0 amide bonds. The maximum atomic E-state index is 4.17. The van der Waals surface area contributed by atoms with Crippen LogP contribution in [0.2, 0.25) is 0 Å². The minimum atomic E-state index is 0.670. The van der Waals surface area contributed by atoms with E-state index in [1.54, 1.807) is 0 Å². The van der Waals surface area contributed by atoms with Crippen LogP contribution in [-0.4, -0.2) is 12.3 Å². The molecule has 2 nitrogen and oxygen atoms in total. The number of nitrogens with zero attached hydrogens (tertiary/aromatic N) is 1. The predicted molar refractivity (Wildman–Crippen MR) is 51.2 cm³/mol. The molecule has 2 heteroatoms. The maximum Gasteiger partial charge on any atom is 0.0518 e. The first-order valence-electron chi connectivity index (χ1n) is 5.25. The lowest BCUT2D eigenvalue weighted by molar-refractivity contribution is 0.424. The highest BCUT2D eigenvalue weighted by Crippen LogP contribution is 2.23. The van der Waals surface area contributed by atoms with Crippen LogP contribution in [0.1, 0.15) is 44.9 Å². The van der Waals surface area contributed by atoms with Crippen LogP contribution in [0.15, 0.2) is 5.10 Å². The second-order valence-electron chi connectivity index (χ2n) is 4.02. The number of hydrogen-bond acceptors (Lipinski definition) is 2. The third-order valence-electron chi connectivity index (χ3n) is 3.08. The van der Waals surface area contributed by atoms with Crippen LogP contribution < -0.4 is 5.43 Å². The molecule has 0 aromatic rings. The SMILES string of the molecule is C1=NNC2CCCCCCCC12. The van der Waals surface area contributed by atoms with Crippen LogP contribution in [0, 0.1) is 5.92 Å². The summed E-state index contributed by atoms with van der Waals surface area (Å²) in [6.45, 7) is 0. The van der Waals surface area contributed by atoms with Gasteiger partial charge in [-0.15, -0.1) is 0 Å². The van der Waals surface area contributed by atoms with E-state index in [0.29, 0.717) is 6.04 Å². The van der Waals surface area contributed by atoms with Crippen LogP contribution in [0.3, 0.4) is 0 Å². The fourth-order valence-corrected chi connectivity index (χ4v) is 2.26.